The van der Waals surface area contributed by atoms with Crippen LogP contribution in [0.2, 0.25) is 0 Å². The number of carboxylic acid groups (broad SMARTS) is 1. The highest BCUT2D eigenvalue weighted by atomic mass is 127. The summed E-state index contributed by atoms with van der Waals surface area (Å²) in [6.07, 6.45) is 0. The van der Waals surface area contributed by atoms with E-state index in [0.29, 0.717) is 16.0 Å². The molecule has 5 heteroatoms. The number of hydrogen-bond donors (Lipinski definition) is 1. The van der Waals surface area contributed by atoms with Crippen LogP contribution >= 0.6 is 22.6 Å². The second-order valence-electron chi connectivity index (χ2n) is 3.33. The Labute approximate surface area is 106 Å². The van der Waals surface area contributed by atoms with E-state index in [1.165, 1.54) is 0 Å². The zero-order chi connectivity index (χ0) is 11.7. The average Bonchev–Trinajstić information content (AvgIpc) is 2.53. The minimum atomic E-state index is -0.907. The molecule has 0 aliphatic heterocycles. The van der Waals surface area contributed by atoms with Crippen LogP contribution < -0.4 is 0 Å². The molecule has 2 rings (SSSR count). The molecule has 0 unspecified atom stereocenters. The van der Waals surface area contributed by atoms with Gasteiger partial charge < -0.3 is 14.4 Å². The van der Waals surface area contributed by atoms with Crippen molar-refractivity contribution in [3.8, 4) is 0 Å². The summed E-state index contributed by atoms with van der Waals surface area (Å²) >= 11 is 2.03. The molecule has 4 nitrogen and oxygen atoms in total. The number of benzene rings is 1. The van der Waals surface area contributed by atoms with Crippen molar-refractivity contribution < 1.29 is 14.6 Å². The van der Waals surface area contributed by atoms with E-state index < -0.39 is 5.97 Å². The van der Waals surface area contributed by atoms with Crippen LogP contribution in [0.15, 0.2) is 24.3 Å². The van der Waals surface area contributed by atoms with Crippen LogP contribution in [0.5, 0.6) is 0 Å². The number of halogens is 1. The first-order valence-corrected chi connectivity index (χ1v) is 5.73. The van der Waals surface area contributed by atoms with Gasteiger partial charge in [-0.05, 0) is 28.7 Å². The summed E-state index contributed by atoms with van der Waals surface area (Å²) in [5.41, 5.74) is 1.22. The second-order valence-corrected chi connectivity index (χ2v) is 4.36. The van der Waals surface area contributed by atoms with Crippen LogP contribution in [-0.2, 0) is 11.5 Å². The lowest BCUT2D eigenvalue weighted by Crippen LogP contribution is -2.04. The topological polar surface area (TPSA) is 51.5 Å². The van der Waals surface area contributed by atoms with Gasteiger partial charge in [0.2, 0.25) is 0 Å². The van der Waals surface area contributed by atoms with Gasteiger partial charge in [-0.1, -0.05) is 18.2 Å². The fourth-order valence-corrected chi connectivity index (χ4v) is 2.65. The summed E-state index contributed by atoms with van der Waals surface area (Å²) < 4.78 is 7.61. The maximum atomic E-state index is 11.2. The number of aromatic nitrogens is 1. The maximum Gasteiger partial charge on any atom is 0.339 e. The van der Waals surface area contributed by atoms with E-state index in [-0.39, 0.29) is 0 Å². The normalized spacial score (nSPS) is 10.9. The molecule has 1 aromatic heterocycles. The van der Waals surface area contributed by atoms with Crippen molar-refractivity contribution in [3.05, 3.63) is 33.5 Å². The predicted molar refractivity (Wildman–Crippen MR) is 68.6 cm³/mol. The minimum Gasteiger partial charge on any atom is -0.478 e. The van der Waals surface area contributed by atoms with E-state index in [2.05, 4.69) is 0 Å². The molecule has 0 radical (unpaired) electrons. The third-order valence-electron chi connectivity index (χ3n) is 2.38. The molecule has 1 aromatic carbocycles. The molecular formula is C11H10INO3. The number of methoxy groups -OCH3 is 1. The number of para-hydroxylation sites is 1. The van der Waals surface area contributed by atoms with Crippen LogP contribution in [0.1, 0.15) is 10.4 Å². The molecule has 0 amide bonds. The van der Waals surface area contributed by atoms with Gasteiger partial charge in [0.25, 0.3) is 0 Å². The monoisotopic (exact) mass is 331 g/mol. The smallest absolute Gasteiger partial charge is 0.339 e. The molecule has 0 bridgehead atoms. The first kappa shape index (κ1) is 11.4. The molecule has 2 aromatic rings. The largest absolute Gasteiger partial charge is 0.478 e. The summed E-state index contributed by atoms with van der Waals surface area (Å²) in [7, 11) is 1.59. The van der Waals surface area contributed by atoms with Gasteiger partial charge in [-0.25, -0.2) is 4.79 Å². The Balaban J connectivity index is 2.80. The molecule has 0 fully saturated rings. The van der Waals surface area contributed by atoms with Gasteiger partial charge in [0.15, 0.2) is 0 Å². The average molecular weight is 331 g/mol. The standard InChI is InChI=1S/C11H10INO3/c1-16-6-13-8-5-3-2-4-7(8)9(10(13)12)11(14)15/h2-5H,6H2,1H3,(H,14,15). The predicted octanol–water partition coefficient (Wildman–Crippen LogP) is 2.55. The van der Waals surface area contributed by atoms with Crippen LogP contribution in [0.25, 0.3) is 10.9 Å². The summed E-state index contributed by atoms with van der Waals surface area (Å²) in [4.78, 5) is 11.2. The minimum absolute atomic E-state index is 0.341. The quantitative estimate of drug-likeness (QED) is 0.880. The van der Waals surface area contributed by atoms with Crippen molar-refractivity contribution in [1.29, 1.82) is 0 Å². The van der Waals surface area contributed by atoms with Gasteiger partial charge in [0.05, 0.1) is 14.8 Å². The van der Waals surface area contributed by atoms with Gasteiger partial charge in [0.1, 0.15) is 6.73 Å². The number of hydrogen-bond acceptors (Lipinski definition) is 2. The fraction of sp³-hybridized carbons (Fsp3) is 0.182. The Morgan fingerprint density at radius 1 is 1.50 bits per heavy atom. The van der Waals surface area contributed by atoms with Crippen molar-refractivity contribution in [2.45, 2.75) is 6.73 Å². The first-order valence-electron chi connectivity index (χ1n) is 4.65. The van der Waals surface area contributed by atoms with Crippen LogP contribution in [-0.4, -0.2) is 22.8 Å². The number of carbonyl (C=O) groups is 1. The molecular weight excluding hydrogens is 321 g/mol. The highest BCUT2D eigenvalue weighted by Crippen LogP contribution is 2.27. The van der Waals surface area contributed by atoms with Crippen molar-refractivity contribution in [1.82, 2.24) is 4.57 Å². The third-order valence-corrected chi connectivity index (χ3v) is 3.50. The Hall–Kier alpha value is -1.08. The van der Waals surface area contributed by atoms with E-state index in [9.17, 15) is 9.90 Å². The fourth-order valence-electron chi connectivity index (χ4n) is 1.73. The van der Waals surface area contributed by atoms with E-state index in [4.69, 9.17) is 4.74 Å². The number of rotatable bonds is 3. The van der Waals surface area contributed by atoms with Crippen LogP contribution in [0.4, 0.5) is 0 Å². The Morgan fingerprint density at radius 2 is 2.19 bits per heavy atom. The van der Waals surface area contributed by atoms with Gasteiger partial charge in [-0.2, -0.15) is 0 Å². The molecule has 0 aliphatic carbocycles. The number of fused-ring (bicyclic) bond motifs is 1. The van der Waals surface area contributed by atoms with Crippen molar-refractivity contribution in [2.24, 2.45) is 0 Å². The number of carboxylic acids is 1. The van der Waals surface area contributed by atoms with Gasteiger partial charge in [0, 0.05) is 12.5 Å². The number of nitrogens with zero attached hydrogens (tertiary/aromatic N) is 1. The lowest BCUT2D eigenvalue weighted by molar-refractivity contribution is 0.0696. The summed E-state index contributed by atoms with van der Waals surface area (Å²) in [6, 6.07) is 7.42. The Bertz CT molecular complexity index is 547. The van der Waals surface area contributed by atoms with Crippen molar-refractivity contribution >= 4 is 39.5 Å². The molecule has 84 valence electrons. The van der Waals surface area contributed by atoms with Gasteiger partial charge in [-0.3, -0.25) is 0 Å². The Morgan fingerprint density at radius 3 is 2.81 bits per heavy atom. The second kappa shape index (κ2) is 4.42. The SMILES string of the molecule is COCn1c(I)c(C(=O)O)c2ccccc21. The Kier molecular flexibility index (Phi) is 3.15. The molecule has 16 heavy (non-hydrogen) atoms. The number of aromatic carboxylic acids is 1. The number of ether oxygens (including phenoxy) is 1. The lowest BCUT2D eigenvalue weighted by atomic mass is 10.2. The molecule has 0 saturated heterocycles. The van der Waals surface area contributed by atoms with Crippen LogP contribution in [0.3, 0.4) is 0 Å². The molecule has 0 saturated carbocycles. The van der Waals surface area contributed by atoms with E-state index >= 15 is 0 Å². The molecule has 0 aliphatic rings. The molecule has 0 atom stereocenters. The lowest BCUT2D eigenvalue weighted by Gasteiger charge is -2.04. The molecule has 1 N–H and O–H groups in total. The zero-order valence-corrected chi connectivity index (χ0v) is 10.8. The van der Waals surface area contributed by atoms with Gasteiger partial charge >= 0.3 is 5.97 Å². The summed E-state index contributed by atoms with van der Waals surface area (Å²) in [5.74, 6) is -0.907. The first-order chi connectivity index (χ1) is 7.66. The summed E-state index contributed by atoms with van der Waals surface area (Å²) in [5, 5.41) is 9.93. The highest BCUT2D eigenvalue weighted by Gasteiger charge is 2.19. The maximum absolute atomic E-state index is 11.2. The highest BCUT2D eigenvalue weighted by molar-refractivity contribution is 14.1. The molecule has 0 spiro atoms. The van der Waals surface area contributed by atoms with Gasteiger partial charge in [-0.15, -0.1) is 0 Å². The van der Waals surface area contributed by atoms with Crippen molar-refractivity contribution in [3.63, 3.8) is 0 Å². The third kappa shape index (κ3) is 1.69. The van der Waals surface area contributed by atoms with Crippen molar-refractivity contribution in [2.75, 3.05) is 7.11 Å². The molecule has 1 heterocycles. The zero-order valence-electron chi connectivity index (χ0n) is 8.61. The summed E-state index contributed by atoms with van der Waals surface area (Å²) in [6.45, 7) is 0.353. The van der Waals surface area contributed by atoms with E-state index in [1.807, 2.05) is 51.4 Å². The van der Waals surface area contributed by atoms with Crippen LogP contribution in [0, 0.1) is 3.70 Å². The van der Waals surface area contributed by atoms with E-state index in [0.717, 1.165) is 10.9 Å². The van der Waals surface area contributed by atoms with E-state index in [1.54, 1.807) is 7.11 Å².